The number of nitrogens with one attached hydrogen (secondary N) is 1. The van der Waals surface area contributed by atoms with Crippen LogP contribution in [0.4, 0.5) is 0 Å². The zero-order valence-electron chi connectivity index (χ0n) is 12.2. The predicted octanol–water partition coefficient (Wildman–Crippen LogP) is 3.55. The maximum atomic E-state index is 12.4. The molecule has 6 heteroatoms. The Morgan fingerprint density at radius 3 is 3.14 bits per heavy atom. The van der Waals surface area contributed by atoms with Gasteiger partial charge in [0.05, 0.1) is 16.6 Å². The van der Waals surface area contributed by atoms with Crippen molar-refractivity contribution < 1.29 is 9.53 Å². The molecule has 1 unspecified atom stereocenters. The molecule has 4 nitrogen and oxygen atoms in total. The highest BCUT2D eigenvalue weighted by Gasteiger charge is 2.23. The number of ketones is 1. The number of rotatable bonds is 5. The van der Waals surface area contributed by atoms with Crippen molar-refractivity contribution in [3.63, 3.8) is 0 Å². The lowest BCUT2D eigenvalue weighted by molar-refractivity contribution is 0.104. The third-order valence-electron chi connectivity index (χ3n) is 3.79. The molecule has 0 aromatic carbocycles. The number of hydrogen-bond donors (Lipinski definition) is 1. The SMILES string of the molecule is CC(Oc1cnc(Cl)c(C(=O)c2cccs2)c1)[C@@H]1CCCN1. The van der Waals surface area contributed by atoms with Crippen LogP contribution in [0.25, 0.3) is 0 Å². The fourth-order valence-corrected chi connectivity index (χ4v) is 3.47. The third-order valence-corrected chi connectivity index (χ3v) is 4.96. The topological polar surface area (TPSA) is 51.2 Å². The zero-order chi connectivity index (χ0) is 15.5. The van der Waals surface area contributed by atoms with Gasteiger partial charge in [-0.25, -0.2) is 4.98 Å². The van der Waals surface area contributed by atoms with Gasteiger partial charge in [-0.05, 0) is 43.8 Å². The van der Waals surface area contributed by atoms with Crippen LogP contribution in [-0.2, 0) is 0 Å². The van der Waals surface area contributed by atoms with Crippen LogP contribution in [0.15, 0.2) is 29.8 Å². The maximum Gasteiger partial charge on any atom is 0.206 e. The van der Waals surface area contributed by atoms with Gasteiger partial charge in [0.1, 0.15) is 17.0 Å². The fourth-order valence-electron chi connectivity index (χ4n) is 2.60. The number of ether oxygens (including phenoxy) is 1. The highest BCUT2D eigenvalue weighted by molar-refractivity contribution is 7.12. The van der Waals surface area contributed by atoms with Crippen molar-refractivity contribution >= 4 is 28.7 Å². The third kappa shape index (κ3) is 3.32. The number of nitrogens with zero attached hydrogens (tertiary/aromatic N) is 1. The Kier molecular flexibility index (Phi) is 4.76. The Morgan fingerprint density at radius 2 is 2.45 bits per heavy atom. The standard InChI is InChI=1S/C16H17ClN2O2S/c1-10(13-4-2-6-18-13)21-11-8-12(16(17)19-9-11)15(20)14-5-3-7-22-14/h3,5,7-10,13,18H,2,4,6H2,1H3/t10?,13-/m0/s1. The van der Waals surface area contributed by atoms with Crippen LogP contribution in [0.1, 0.15) is 35.0 Å². The van der Waals surface area contributed by atoms with Gasteiger partial charge in [-0.3, -0.25) is 4.79 Å². The molecule has 3 heterocycles. The summed E-state index contributed by atoms with van der Waals surface area (Å²) in [6.07, 6.45) is 3.86. The molecular weight excluding hydrogens is 320 g/mol. The summed E-state index contributed by atoms with van der Waals surface area (Å²) in [5.74, 6) is 0.454. The minimum atomic E-state index is -0.121. The zero-order valence-corrected chi connectivity index (χ0v) is 13.8. The second-order valence-corrected chi connectivity index (χ2v) is 6.65. The lowest BCUT2D eigenvalue weighted by atomic mass is 10.1. The molecule has 0 amide bonds. The molecule has 0 radical (unpaired) electrons. The van der Waals surface area contributed by atoms with Crippen LogP contribution in [0.2, 0.25) is 5.15 Å². The second-order valence-electron chi connectivity index (χ2n) is 5.34. The monoisotopic (exact) mass is 336 g/mol. The van der Waals surface area contributed by atoms with Crippen molar-refractivity contribution in [2.24, 2.45) is 0 Å². The second kappa shape index (κ2) is 6.77. The molecule has 2 aromatic rings. The van der Waals surface area contributed by atoms with Gasteiger partial charge in [0, 0.05) is 6.04 Å². The molecule has 2 aromatic heterocycles. The number of halogens is 1. The highest BCUT2D eigenvalue weighted by Crippen LogP contribution is 2.25. The summed E-state index contributed by atoms with van der Waals surface area (Å²) in [7, 11) is 0. The van der Waals surface area contributed by atoms with Crippen molar-refractivity contribution in [2.75, 3.05) is 6.54 Å². The smallest absolute Gasteiger partial charge is 0.206 e. The summed E-state index contributed by atoms with van der Waals surface area (Å²) in [4.78, 5) is 17.2. The fraction of sp³-hybridized carbons (Fsp3) is 0.375. The maximum absolute atomic E-state index is 12.4. The molecule has 0 bridgehead atoms. The minimum Gasteiger partial charge on any atom is -0.487 e. The molecule has 3 rings (SSSR count). The predicted molar refractivity (Wildman–Crippen MR) is 88.1 cm³/mol. The van der Waals surface area contributed by atoms with E-state index in [1.54, 1.807) is 18.3 Å². The molecule has 1 saturated heterocycles. The van der Waals surface area contributed by atoms with Crippen molar-refractivity contribution in [2.45, 2.75) is 31.9 Å². The van der Waals surface area contributed by atoms with Gasteiger partial charge < -0.3 is 10.1 Å². The summed E-state index contributed by atoms with van der Waals surface area (Å²) < 4.78 is 5.93. The molecule has 0 saturated carbocycles. The van der Waals surface area contributed by atoms with E-state index in [1.807, 2.05) is 18.4 Å². The van der Waals surface area contributed by atoms with E-state index in [-0.39, 0.29) is 17.0 Å². The highest BCUT2D eigenvalue weighted by atomic mass is 35.5. The van der Waals surface area contributed by atoms with E-state index < -0.39 is 0 Å². The average molecular weight is 337 g/mol. The molecule has 1 fully saturated rings. The van der Waals surface area contributed by atoms with E-state index in [9.17, 15) is 4.79 Å². The summed E-state index contributed by atoms with van der Waals surface area (Å²) in [6.45, 7) is 3.05. The first kappa shape index (κ1) is 15.5. The molecule has 116 valence electrons. The summed E-state index contributed by atoms with van der Waals surface area (Å²) in [5, 5.41) is 5.48. The molecule has 22 heavy (non-hydrogen) atoms. The van der Waals surface area contributed by atoms with Crippen LogP contribution in [0.3, 0.4) is 0 Å². The number of carbonyl (C=O) groups excluding carboxylic acids is 1. The molecule has 2 atom stereocenters. The lowest BCUT2D eigenvalue weighted by Crippen LogP contribution is -2.36. The first-order valence-corrected chi connectivity index (χ1v) is 8.54. The van der Waals surface area contributed by atoms with Crippen LogP contribution in [0.5, 0.6) is 5.75 Å². The lowest BCUT2D eigenvalue weighted by Gasteiger charge is -2.21. The van der Waals surface area contributed by atoms with Gasteiger partial charge in [-0.1, -0.05) is 17.7 Å². The number of carbonyl (C=O) groups is 1. The van der Waals surface area contributed by atoms with Gasteiger partial charge in [-0.2, -0.15) is 0 Å². The van der Waals surface area contributed by atoms with E-state index in [0.717, 1.165) is 13.0 Å². The van der Waals surface area contributed by atoms with Crippen LogP contribution in [-0.4, -0.2) is 29.5 Å². The van der Waals surface area contributed by atoms with Gasteiger partial charge in [0.2, 0.25) is 5.78 Å². The van der Waals surface area contributed by atoms with Gasteiger partial charge >= 0.3 is 0 Å². The van der Waals surface area contributed by atoms with Crippen LogP contribution >= 0.6 is 22.9 Å². The van der Waals surface area contributed by atoms with Crippen molar-refractivity contribution in [3.8, 4) is 5.75 Å². The van der Waals surface area contributed by atoms with Crippen LogP contribution < -0.4 is 10.1 Å². The van der Waals surface area contributed by atoms with Gasteiger partial charge in [0.25, 0.3) is 0 Å². The molecular formula is C16H17ClN2O2S. The molecule has 0 spiro atoms. The first-order valence-electron chi connectivity index (χ1n) is 7.29. The quantitative estimate of drug-likeness (QED) is 0.670. The Hall–Kier alpha value is -1.43. The summed E-state index contributed by atoms with van der Waals surface area (Å²) in [6, 6.07) is 5.64. The van der Waals surface area contributed by atoms with E-state index in [1.165, 1.54) is 17.8 Å². The Balaban J connectivity index is 1.79. The van der Waals surface area contributed by atoms with E-state index >= 15 is 0 Å². The van der Waals surface area contributed by atoms with Crippen LogP contribution in [0, 0.1) is 0 Å². The molecule has 1 N–H and O–H groups in total. The van der Waals surface area contributed by atoms with E-state index in [4.69, 9.17) is 16.3 Å². The minimum absolute atomic E-state index is 0.0233. The number of thiophene rings is 1. The molecule has 1 aliphatic heterocycles. The number of aromatic nitrogens is 1. The Morgan fingerprint density at radius 1 is 1.59 bits per heavy atom. The van der Waals surface area contributed by atoms with E-state index in [2.05, 4.69) is 10.3 Å². The molecule has 0 aliphatic carbocycles. The van der Waals surface area contributed by atoms with Crippen molar-refractivity contribution in [3.05, 3.63) is 45.4 Å². The van der Waals surface area contributed by atoms with Crippen molar-refractivity contribution in [1.82, 2.24) is 10.3 Å². The van der Waals surface area contributed by atoms with E-state index in [0.29, 0.717) is 22.2 Å². The Bertz CT molecular complexity index is 654. The van der Waals surface area contributed by atoms with Gasteiger partial charge in [-0.15, -0.1) is 11.3 Å². The van der Waals surface area contributed by atoms with Crippen molar-refractivity contribution in [1.29, 1.82) is 0 Å². The largest absolute Gasteiger partial charge is 0.487 e. The molecule has 1 aliphatic rings. The first-order chi connectivity index (χ1) is 10.6. The summed E-state index contributed by atoms with van der Waals surface area (Å²) >= 11 is 7.46. The number of hydrogen-bond acceptors (Lipinski definition) is 5. The Labute approximate surface area is 138 Å². The number of pyridine rings is 1. The normalized spacial score (nSPS) is 19.1. The summed E-state index contributed by atoms with van der Waals surface area (Å²) in [5.41, 5.74) is 0.383. The average Bonchev–Trinajstić information content (AvgIpc) is 3.21. The van der Waals surface area contributed by atoms with Gasteiger partial charge in [0.15, 0.2) is 0 Å².